The Bertz CT molecular complexity index is 997. The second-order valence-electron chi connectivity index (χ2n) is 7.88. The molecule has 2 aromatic carbocycles. The minimum Gasteiger partial charge on any atom is -0.480 e. The number of aliphatic carboxylic acids is 1. The van der Waals surface area contributed by atoms with E-state index in [2.05, 4.69) is 28.7 Å². The van der Waals surface area contributed by atoms with Gasteiger partial charge in [0.15, 0.2) is 0 Å². The van der Waals surface area contributed by atoms with Crippen molar-refractivity contribution in [2.75, 3.05) is 13.2 Å². The third-order valence-electron chi connectivity index (χ3n) is 5.43. The van der Waals surface area contributed by atoms with Gasteiger partial charge in [0.2, 0.25) is 5.91 Å². The average Bonchev–Trinajstić information content (AvgIpc) is 3.09. The maximum atomic E-state index is 12.2. The number of carboxylic acids is 1. The Morgan fingerprint density at radius 2 is 1.69 bits per heavy atom. The summed E-state index contributed by atoms with van der Waals surface area (Å²) in [6, 6.07) is 15.1. The van der Waals surface area contributed by atoms with Gasteiger partial charge >= 0.3 is 12.1 Å². The second kappa shape index (κ2) is 10.5. The normalized spacial score (nSPS) is 13.8. The predicted octanol–water partition coefficient (Wildman–Crippen LogP) is 3.14. The number of rotatable bonds is 9. The number of ether oxygens (including phenoxy) is 1. The summed E-state index contributed by atoms with van der Waals surface area (Å²) in [6.07, 6.45) is 4.53. The lowest BCUT2D eigenvalue weighted by molar-refractivity contribution is -0.141. The van der Waals surface area contributed by atoms with Crippen molar-refractivity contribution in [3.63, 3.8) is 0 Å². The SMILES string of the molecule is C#CCC(NC(=O)CC(C)CNC(=O)OCC1c2ccccc2-c2ccccc21)C(=O)O. The lowest BCUT2D eigenvalue weighted by Gasteiger charge is -2.17. The number of hydrogen-bond donors (Lipinski definition) is 3. The van der Waals surface area contributed by atoms with E-state index in [4.69, 9.17) is 16.3 Å². The van der Waals surface area contributed by atoms with Crippen molar-refractivity contribution in [1.82, 2.24) is 10.6 Å². The highest BCUT2D eigenvalue weighted by molar-refractivity contribution is 5.84. The van der Waals surface area contributed by atoms with Crippen LogP contribution < -0.4 is 10.6 Å². The molecule has 2 unspecified atom stereocenters. The summed E-state index contributed by atoms with van der Waals surface area (Å²) < 4.78 is 5.47. The third-order valence-corrected chi connectivity index (χ3v) is 5.43. The van der Waals surface area contributed by atoms with Crippen LogP contribution in [0.25, 0.3) is 11.1 Å². The third kappa shape index (κ3) is 5.46. The highest BCUT2D eigenvalue weighted by Gasteiger charge is 2.29. The van der Waals surface area contributed by atoms with Crippen molar-refractivity contribution < 1.29 is 24.2 Å². The minimum absolute atomic E-state index is 0.0274. The Kier molecular flexibility index (Phi) is 7.50. The number of amides is 2. The zero-order valence-corrected chi connectivity index (χ0v) is 17.8. The Hall–Kier alpha value is -3.79. The molecule has 0 radical (unpaired) electrons. The molecule has 0 aromatic heterocycles. The van der Waals surface area contributed by atoms with Gasteiger partial charge in [-0.1, -0.05) is 55.5 Å². The zero-order chi connectivity index (χ0) is 23.1. The number of fused-ring (bicyclic) bond motifs is 3. The molecular formula is C25H26N2O5. The smallest absolute Gasteiger partial charge is 0.407 e. The van der Waals surface area contributed by atoms with E-state index < -0.39 is 24.0 Å². The lowest BCUT2D eigenvalue weighted by Crippen LogP contribution is -2.41. The maximum absolute atomic E-state index is 12.2. The van der Waals surface area contributed by atoms with E-state index in [0.29, 0.717) is 0 Å². The zero-order valence-electron chi connectivity index (χ0n) is 17.8. The van der Waals surface area contributed by atoms with E-state index >= 15 is 0 Å². The van der Waals surface area contributed by atoms with Crippen LogP contribution in [0.15, 0.2) is 48.5 Å². The van der Waals surface area contributed by atoms with E-state index in [-0.39, 0.29) is 37.8 Å². The number of carbonyl (C=O) groups is 3. The fourth-order valence-electron chi connectivity index (χ4n) is 3.87. The molecule has 32 heavy (non-hydrogen) atoms. The highest BCUT2D eigenvalue weighted by atomic mass is 16.5. The molecule has 7 nitrogen and oxygen atoms in total. The van der Waals surface area contributed by atoms with Crippen molar-refractivity contribution in [2.45, 2.75) is 31.7 Å². The van der Waals surface area contributed by atoms with Crippen LogP contribution in [0.5, 0.6) is 0 Å². The van der Waals surface area contributed by atoms with E-state index in [9.17, 15) is 14.4 Å². The Balaban J connectivity index is 1.47. The minimum atomic E-state index is -1.18. The van der Waals surface area contributed by atoms with Gasteiger partial charge in [-0.25, -0.2) is 9.59 Å². The van der Waals surface area contributed by atoms with E-state index in [1.807, 2.05) is 36.4 Å². The number of carbonyl (C=O) groups excluding carboxylic acids is 2. The highest BCUT2D eigenvalue weighted by Crippen LogP contribution is 2.44. The molecule has 0 fully saturated rings. The summed E-state index contributed by atoms with van der Waals surface area (Å²) in [5, 5.41) is 14.1. The van der Waals surface area contributed by atoms with Crippen LogP contribution in [-0.2, 0) is 14.3 Å². The average molecular weight is 434 g/mol. The van der Waals surface area contributed by atoms with Gasteiger partial charge in [-0.2, -0.15) is 0 Å². The van der Waals surface area contributed by atoms with E-state index in [1.54, 1.807) is 6.92 Å². The first-order valence-electron chi connectivity index (χ1n) is 10.4. The first kappa shape index (κ1) is 22.9. The van der Waals surface area contributed by atoms with Crippen LogP contribution in [-0.4, -0.2) is 42.3 Å². The van der Waals surface area contributed by atoms with E-state index in [0.717, 1.165) is 22.3 Å². The molecule has 7 heteroatoms. The van der Waals surface area contributed by atoms with Gasteiger partial charge in [-0.15, -0.1) is 12.3 Å². The fourth-order valence-corrected chi connectivity index (χ4v) is 3.87. The first-order chi connectivity index (χ1) is 15.4. The number of hydrogen-bond acceptors (Lipinski definition) is 4. The van der Waals surface area contributed by atoms with Crippen LogP contribution in [0, 0.1) is 18.3 Å². The van der Waals surface area contributed by atoms with Gasteiger partial charge < -0.3 is 20.5 Å². The molecular weight excluding hydrogens is 408 g/mol. The predicted molar refractivity (Wildman–Crippen MR) is 120 cm³/mol. The van der Waals surface area contributed by atoms with Crippen LogP contribution in [0.3, 0.4) is 0 Å². The molecule has 3 N–H and O–H groups in total. The van der Waals surface area contributed by atoms with Crippen LogP contribution >= 0.6 is 0 Å². The summed E-state index contributed by atoms with van der Waals surface area (Å²) in [7, 11) is 0. The molecule has 166 valence electrons. The summed E-state index contributed by atoms with van der Waals surface area (Å²) >= 11 is 0. The topological polar surface area (TPSA) is 105 Å². The molecule has 2 atom stereocenters. The van der Waals surface area contributed by atoms with Gasteiger partial charge in [0.05, 0.1) is 0 Å². The van der Waals surface area contributed by atoms with Crippen molar-refractivity contribution >= 4 is 18.0 Å². The van der Waals surface area contributed by atoms with Gasteiger partial charge in [-0.3, -0.25) is 4.79 Å². The van der Waals surface area contributed by atoms with Gasteiger partial charge in [0.25, 0.3) is 0 Å². The molecule has 0 aliphatic heterocycles. The molecule has 0 bridgehead atoms. The quantitative estimate of drug-likeness (QED) is 0.526. The Morgan fingerprint density at radius 1 is 1.09 bits per heavy atom. The maximum Gasteiger partial charge on any atom is 0.407 e. The standard InChI is InChI=1S/C25H26N2O5/c1-3-8-22(24(29)30)27-23(28)13-16(2)14-26-25(31)32-15-21-19-11-6-4-9-17(19)18-10-5-7-12-20(18)21/h1,4-7,9-12,16,21-22H,8,13-15H2,2H3,(H,26,31)(H,27,28)(H,29,30). The van der Waals surface area contributed by atoms with Gasteiger partial charge in [0, 0.05) is 25.3 Å². The molecule has 1 aliphatic carbocycles. The number of nitrogens with one attached hydrogen (secondary N) is 2. The molecule has 3 rings (SSSR count). The van der Waals surface area contributed by atoms with Crippen LogP contribution in [0.2, 0.25) is 0 Å². The Labute approximate surface area is 187 Å². The van der Waals surface area contributed by atoms with Crippen molar-refractivity contribution in [2.24, 2.45) is 5.92 Å². The lowest BCUT2D eigenvalue weighted by atomic mass is 9.98. The number of benzene rings is 2. The summed E-state index contributed by atoms with van der Waals surface area (Å²) in [5.41, 5.74) is 4.57. The summed E-state index contributed by atoms with van der Waals surface area (Å²) in [5.74, 6) is 0.373. The fraction of sp³-hybridized carbons (Fsp3) is 0.320. The van der Waals surface area contributed by atoms with Crippen molar-refractivity contribution in [3.8, 4) is 23.5 Å². The molecule has 0 saturated heterocycles. The number of alkyl carbamates (subject to hydrolysis) is 1. The molecule has 1 aliphatic rings. The van der Waals surface area contributed by atoms with Crippen molar-refractivity contribution in [3.05, 3.63) is 59.7 Å². The second-order valence-corrected chi connectivity index (χ2v) is 7.88. The molecule has 0 heterocycles. The van der Waals surface area contributed by atoms with Crippen molar-refractivity contribution in [1.29, 1.82) is 0 Å². The molecule has 0 spiro atoms. The Morgan fingerprint density at radius 3 is 2.25 bits per heavy atom. The number of terminal acetylenes is 1. The van der Waals surface area contributed by atoms with Crippen LogP contribution in [0.4, 0.5) is 4.79 Å². The van der Waals surface area contributed by atoms with Crippen LogP contribution in [0.1, 0.15) is 36.8 Å². The first-order valence-corrected chi connectivity index (χ1v) is 10.4. The summed E-state index contributed by atoms with van der Waals surface area (Å²) in [4.78, 5) is 35.3. The largest absolute Gasteiger partial charge is 0.480 e. The summed E-state index contributed by atoms with van der Waals surface area (Å²) in [6.45, 7) is 2.21. The number of carboxylic acid groups (broad SMARTS) is 1. The molecule has 2 aromatic rings. The molecule has 0 saturated carbocycles. The van der Waals surface area contributed by atoms with Gasteiger partial charge in [-0.05, 0) is 28.2 Å². The van der Waals surface area contributed by atoms with E-state index in [1.165, 1.54) is 0 Å². The van der Waals surface area contributed by atoms with Gasteiger partial charge in [0.1, 0.15) is 12.6 Å². The monoisotopic (exact) mass is 434 g/mol. The molecule has 2 amide bonds.